The maximum absolute atomic E-state index is 12.7. The van der Waals surface area contributed by atoms with Crippen molar-refractivity contribution in [1.82, 2.24) is 9.88 Å². The van der Waals surface area contributed by atoms with E-state index in [2.05, 4.69) is 17.1 Å². The van der Waals surface area contributed by atoms with Crippen LogP contribution >= 0.6 is 0 Å². The van der Waals surface area contributed by atoms with Gasteiger partial charge in [-0.2, -0.15) is 0 Å². The number of hydrogen-bond donors (Lipinski definition) is 0. The van der Waals surface area contributed by atoms with Crippen LogP contribution in [0.5, 0.6) is 0 Å². The highest BCUT2D eigenvalue weighted by Gasteiger charge is 2.20. The molecule has 0 spiro atoms. The van der Waals surface area contributed by atoms with Crippen molar-refractivity contribution in [3.05, 3.63) is 35.7 Å². The van der Waals surface area contributed by atoms with Gasteiger partial charge in [-0.05, 0) is 56.2 Å². The summed E-state index contributed by atoms with van der Waals surface area (Å²) in [5.41, 5.74) is 1.60. The van der Waals surface area contributed by atoms with E-state index in [0.29, 0.717) is 5.92 Å². The van der Waals surface area contributed by atoms with Gasteiger partial charge in [-0.25, -0.2) is 0 Å². The zero-order valence-corrected chi connectivity index (χ0v) is 13.3. The monoisotopic (exact) mass is 298 g/mol. The number of hydrogen-bond acceptors (Lipinski definition) is 2. The maximum Gasteiger partial charge on any atom is 0.256 e. The predicted molar refractivity (Wildman–Crippen MR) is 89.6 cm³/mol. The van der Waals surface area contributed by atoms with E-state index in [-0.39, 0.29) is 5.91 Å². The zero-order valence-electron chi connectivity index (χ0n) is 13.3. The number of carbonyl (C=O) groups is 1. The summed E-state index contributed by atoms with van der Waals surface area (Å²) >= 11 is 0. The molecule has 1 aromatic rings. The minimum absolute atomic E-state index is 0.149. The van der Waals surface area contributed by atoms with Crippen LogP contribution in [0.15, 0.2) is 24.4 Å². The van der Waals surface area contributed by atoms with Crippen LogP contribution in [0.2, 0.25) is 0 Å². The number of piperidine rings is 1. The molecule has 3 rings (SSSR count). The van der Waals surface area contributed by atoms with E-state index in [1.165, 1.54) is 38.5 Å². The lowest BCUT2D eigenvalue weighted by atomic mass is 9.89. The quantitative estimate of drug-likeness (QED) is 0.833. The van der Waals surface area contributed by atoms with E-state index < -0.39 is 0 Å². The summed E-state index contributed by atoms with van der Waals surface area (Å²) in [6, 6.07) is 3.79. The van der Waals surface area contributed by atoms with Crippen LogP contribution in [0.25, 0.3) is 6.08 Å². The van der Waals surface area contributed by atoms with E-state index in [9.17, 15) is 4.79 Å². The average Bonchev–Trinajstić information content (AvgIpc) is 2.61. The van der Waals surface area contributed by atoms with Crippen molar-refractivity contribution in [2.24, 2.45) is 5.92 Å². The molecule has 3 heteroatoms. The molecule has 22 heavy (non-hydrogen) atoms. The van der Waals surface area contributed by atoms with Crippen molar-refractivity contribution in [3.8, 4) is 0 Å². The molecule has 0 N–H and O–H groups in total. The third-order valence-electron chi connectivity index (χ3n) is 4.89. The summed E-state index contributed by atoms with van der Waals surface area (Å²) in [6.45, 7) is 1.78. The Morgan fingerprint density at radius 1 is 1.09 bits per heavy atom. The van der Waals surface area contributed by atoms with Crippen LogP contribution in [0.1, 0.15) is 67.4 Å². The highest BCUT2D eigenvalue weighted by atomic mass is 16.2. The number of pyridine rings is 1. The van der Waals surface area contributed by atoms with Crippen LogP contribution < -0.4 is 0 Å². The van der Waals surface area contributed by atoms with Crippen LogP contribution in [0.3, 0.4) is 0 Å². The SMILES string of the molecule is O=C(c1cccnc1/C=C/C1CCCCC1)N1CCCCC1. The van der Waals surface area contributed by atoms with Crippen LogP contribution in [-0.4, -0.2) is 28.9 Å². The topological polar surface area (TPSA) is 33.2 Å². The molecule has 0 atom stereocenters. The summed E-state index contributed by atoms with van der Waals surface area (Å²) < 4.78 is 0. The highest BCUT2D eigenvalue weighted by Crippen LogP contribution is 2.25. The minimum Gasteiger partial charge on any atom is -0.339 e. The van der Waals surface area contributed by atoms with Gasteiger partial charge in [-0.1, -0.05) is 25.3 Å². The van der Waals surface area contributed by atoms with Crippen molar-refractivity contribution in [2.75, 3.05) is 13.1 Å². The van der Waals surface area contributed by atoms with Crippen molar-refractivity contribution in [1.29, 1.82) is 0 Å². The molecule has 2 fully saturated rings. The van der Waals surface area contributed by atoms with E-state index >= 15 is 0 Å². The Kier molecular flexibility index (Phi) is 5.25. The Morgan fingerprint density at radius 2 is 1.82 bits per heavy atom. The summed E-state index contributed by atoms with van der Waals surface area (Å²) in [4.78, 5) is 19.2. The second-order valence-corrected chi connectivity index (χ2v) is 6.55. The fourth-order valence-electron chi connectivity index (χ4n) is 3.55. The summed E-state index contributed by atoms with van der Waals surface area (Å²) in [5, 5.41) is 0. The Bertz CT molecular complexity index is 526. The molecule has 1 aliphatic heterocycles. The van der Waals surface area contributed by atoms with E-state index in [0.717, 1.165) is 37.2 Å². The van der Waals surface area contributed by atoms with Gasteiger partial charge >= 0.3 is 0 Å². The summed E-state index contributed by atoms with van der Waals surface area (Å²) in [7, 11) is 0. The first kappa shape index (κ1) is 15.3. The van der Waals surface area contributed by atoms with Gasteiger partial charge in [0.15, 0.2) is 0 Å². The number of carbonyl (C=O) groups excluding carboxylic acids is 1. The first-order valence-corrected chi connectivity index (χ1v) is 8.77. The fraction of sp³-hybridized carbons (Fsp3) is 0.579. The first-order chi connectivity index (χ1) is 10.8. The number of amides is 1. The molecule has 1 saturated heterocycles. The number of allylic oxidation sites excluding steroid dienone is 1. The van der Waals surface area contributed by atoms with Gasteiger partial charge in [0.05, 0.1) is 11.3 Å². The Balaban J connectivity index is 1.74. The third kappa shape index (κ3) is 3.76. The van der Waals surface area contributed by atoms with E-state index in [1.807, 2.05) is 17.0 Å². The van der Waals surface area contributed by atoms with Crippen LogP contribution in [0.4, 0.5) is 0 Å². The lowest BCUT2D eigenvalue weighted by molar-refractivity contribution is 0.0723. The molecule has 118 valence electrons. The van der Waals surface area contributed by atoms with Crippen LogP contribution in [-0.2, 0) is 0 Å². The molecule has 1 aliphatic carbocycles. The molecule has 2 aliphatic rings. The van der Waals surface area contributed by atoms with Gasteiger partial charge in [-0.15, -0.1) is 0 Å². The predicted octanol–water partition coefficient (Wildman–Crippen LogP) is 4.30. The van der Waals surface area contributed by atoms with Crippen molar-refractivity contribution in [2.45, 2.75) is 51.4 Å². The zero-order chi connectivity index (χ0) is 15.2. The molecule has 1 amide bonds. The fourth-order valence-corrected chi connectivity index (χ4v) is 3.55. The van der Waals surface area contributed by atoms with Crippen molar-refractivity contribution in [3.63, 3.8) is 0 Å². The standard InChI is InChI=1S/C19H26N2O/c22-19(21-14-5-2-6-15-21)17-10-7-13-20-18(17)12-11-16-8-3-1-4-9-16/h7,10-13,16H,1-6,8-9,14-15H2/b12-11+. The summed E-state index contributed by atoms with van der Waals surface area (Å²) in [5.74, 6) is 0.810. The summed E-state index contributed by atoms with van der Waals surface area (Å²) in [6.07, 6.45) is 16.2. The molecule has 0 radical (unpaired) electrons. The molecule has 2 heterocycles. The molecular weight excluding hydrogens is 272 g/mol. The second kappa shape index (κ2) is 7.57. The smallest absolute Gasteiger partial charge is 0.256 e. The van der Waals surface area contributed by atoms with Crippen LogP contribution in [0, 0.1) is 5.92 Å². The van der Waals surface area contributed by atoms with Gasteiger partial charge in [0, 0.05) is 19.3 Å². The lowest BCUT2D eigenvalue weighted by Gasteiger charge is -2.27. The largest absolute Gasteiger partial charge is 0.339 e. The number of rotatable bonds is 3. The Labute approximate surface area is 133 Å². The van der Waals surface area contributed by atoms with Crippen molar-refractivity contribution >= 4 is 12.0 Å². The average molecular weight is 298 g/mol. The number of likely N-dealkylation sites (tertiary alicyclic amines) is 1. The molecule has 3 nitrogen and oxygen atoms in total. The van der Waals surface area contributed by atoms with Gasteiger partial charge in [0.2, 0.25) is 0 Å². The Hall–Kier alpha value is -1.64. The second-order valence-electron chi connectivity index (χ2n) is 6.55. The molecule has 0 aromatic carbocycles. The van der Waals surface area contributed by atoms with E-state index in [1.54, 1.807) is 6.20 Å². The van der Waals surface area contributed by atoms with Gasteiger partial charge in [0.1, 0.15) is 0 Å². The van der Waals surface area contributed by atoms with Crippen molar-refractivity contribution < 1.29 is 4.79 Å². The minimum atomic E-state index is 0.149. The lowest BCUT2D eigenvalue weighted by Crippen LogP contribution is -2.36. The Morgan fingerprint density at radius 3 is 2.59 bits per heavy atom. The third-order valence-corrected chi connectivity index (χ3v) is 4.89. The van der Waals surface area contributed by atoms with Gasteiger partial charge in [0.25, 0.3) is 5.91 Å². The molecule has 1 aromatic heterocycles. The molecule has 1 saturated carbocycles. The first-order valence-electron chi connectivity index (χ1n) is 8.77. The normalized spacial score (nSPS) is 20.5. The number of nitrogens with zero attached hydrogens (tertiary/aromatic N) is 2. The maximum atomic E-state index is 12.7. The molecule has 0 bridgehead atoms. The highest BCUT2D eigenvalue weighted by molar-refractivity contribution is 5.97. The van der Waals surface area contributed by atoms with Gasteiger partial charge < -0.3 is 4.90 Å². The number of aromatic nitrogens is 1. The molecular formula is C19H26N2O. The molecule has 0 unspecified atom stereocenters. The van der Waals surface area contributed by atoms with Gasteiger partial charge in [-0.3, -0.25) is 9.78 Å². The van der Waals surface area contributed by atoms with E-state index in [4.69, 9.17) is 0 Å².